The fourth-order valence-electron chi connectivity index (χ4n) is 3.75. The Balaban J connectivity index is 1.98. The van der Waals surface area contributed by atoms with Crippen LogP contribution in [0, 0.1) is 0 Å². The molecule has 0 radical (unpaired) electrons. The van der Waals surface area contributed by atoms with E-state index in [9.17, 15) is 24.3 Å². The SMILES string of the molecule is COC(=O)C(C)N1CCC[C@H]1C(=O)N[C@H](C)C(=O)N1CCC[C@H]1C(=O)O. The molecule has 146 valence electrons. The first-order valence-electron chi connectivity index (χ1n) is 8.95. The van der Waals surface area contributed by atoms with E-state index in [1.807, 2.05) is 0 Å². The molecule has 0 aromatic carbocycles. The van der Waals surface area contributed by atoms with E-state index in [2.05, 4.69) is 5.32 Å². The molecule has 2 N–H and O–H groups in total. The summed E-state index contributed by atoms with van der Waals surface area (Å²) in [6, 6.07) is -2.70. The van der Waals surface area contributed by atoms with Crippen LogP contribution in [0.4, 0.5) is 0 Å². The molecule has 1 unspecified atom stereocenters. The van der Waals surface area contributed by atoms with Crippen LogP contribution in [0.25, 0.3) is 0 Å². The highest BCUT2D eigenvalue weighted by molar-refractivity contribution is 5.92. The van der Waals surface area contributed by atoms with Crippen LogP contribution in [-0.4, -0.2) is 83.0 Å². The molecule has 0 bridgehead atoms. The van der Waals surface area contributed by atoms with E-state index in [-0.39, 0.29) is 5.91 Å². The van der Waals surface area contributed by atoms with Gasteiger partial charge < -0.3 is 20.1 Å². The highest BCUT2D eigenvalue weighted by atomic mass is 16.5. The van der Waals surface area contributed by atoms with E-state index < -0.39 is 42.0 Å². The second-order valence-corrected chi connectivity index (χ2v) is 6.85. The summed E-state index contributed by atoms with van der Waals surface area (Å²) in [4.78, 5) is 51.3. The number of hydrogen-bond donors (Lipinski definition) is 2. The van der Waals surface area contributed by atoms with Crippen LogP contribution in [-0.2, 0) is 23.9 Å². The fourth-order valence-corrected chi connectivity index (χ4v) is 3.75. The van der Waals surface area contributed by atoms with Gasteiger partial charge in [0.2, 0.25) is 11.8 Å². The largest absolute Gasteiger partial charge is 0.480 e. The van der Waals surface area contributed by atoms with Gasteiger partial charge in [-0.1, -0.05) is 0 Å². The first kappa shape index (κ1) is 20.2. The van der Waals surface area contributed by atoms with Gasteiger partial charge in [-0.2, -0.15) is 0 Å². The number of carbonyl (C=O) groups is 4. The number of ether oxygens (including phenoxy) is 1. The molecule has 2 fully saturated rings. The second-order valence-electron chi connectivity index (χ2n) is 6.85. The number of carboxylic acids is 1. The number of rotatable bonds is 6. The number of esters is 1. The summed E-state index contributed by atoms with van der Waals surface area (Å²) in [5.41, 5.74) is 0. The van der Waals surface area contributed by atoms with Crippen molar-refractivity contribution in [3.8, 4) is 0 Å². The third kappa shape index (κ3) is 4.14. The van der Waals surface area contributed by atoms with Gasteiger partial charge in [0.05, 0.1) is 13.2 Å². The number of carbonyl (C=O) groups excluding carboxylic acids is 3. The van der Waals surface area contributed by atoms with Gasteiger partial charge in [-0.3, -0.25) is 19.3 Å². The van der Waals surface area contributed by atoms with Crippen LogP contribution in [0.5, 0.6) is 0 Å². The number of hydrogen-bond acceptors (Lipinski definition) is 6. The molecule has 2 heterocycles. The van der Waals surface area contributed by atoms with Crippen LogP contribution in [0.3, 0.4) is 0 Å². The summed E-state index contributed by atoms with van der Waals surface area (Å²) in [6.45, 7) is 4.23. The lowest BCUT2D eigenvalue weighted by Crippen LogP contribution is -2.55. The Bertz CT molecular complexity index is 581. The summed E-state index contributed by atoms with van der Waals surface area (Å²) in [7, 11) is 1.31. The third-order valence-electron chi connectivity index (χ3n) is 5.19. The van der Waals surface area contributed by atoms with Crippen molar-refractivity contribution >= 4 is 23.8 Å². The highest BCUT2D eigenvalue weighted by Crippen LogP contribution is 2.22. The first-order valence-corrected chi connectivity index (χ1v) is 8.95. The van der Waals surface area contributed by atoms with Crippen LogP contribution in [0.15, 0.2) is 0 Å². The lowest BCUT2D eigenvalue weighted by Gasteiger charge is -2.30. The summed E-state index contributed by atoms with van der Waals surface area (Å²) in [5.74, 6) is -2.16. The highest BCUT2D eigenvalue weighted by Gasteiger charge is 2.39. The van der Waals surface area contributed by atoms with Gasteiger partial charge >= 0.3 is 11.9 Å². The Hall–Kier alpha value is -2.16. The molecule has 2 rings (SSSR count). The normalized spacial score (nSPS) is 25.6. The van der Waals surface area contributed by atoms with Crippen molar-refractivity contribution in [2.24, 2.45) is 0 Å². The smallest absolute Gasteiger partial charge is 0.326 e. The molecule has 0 aromatic heterocycles. The summed E-state index contributed by atoms with van der Waals surface area (Å²) >= 11 is 0. The van der Waals surface area contributed by atoms with Gasteiger partial charge in [-0.25, -0.2) is 4.79 Å². The van der Waals surface area contributed by atoms with Gasteiger partial charge in [0.1, 0.15) is 18.1 Å². The molecular weight excluding hydrogens is 342 g/mol. The average Bonchev–Trinajstić information content (AvgIpc) is 3.28. The van der Waals surface area contributed by atoms with Crippen molar-refractivity contribution in [3.63, 3.8) is 0 Å². The minimum atomic E-state index is -1.02. The molecule has 0 aromatic rings. The van der Waals surface area contributed by atoms with Crippen LogP contribution in [0.2, 0.25) is 0 Å². The summed E-state index contributed by atoms with van der Waals surface area (Å²) in [6.07, 6.45) is 2.43. The molecule has 26 heavy (non-hydrogen) atoms. The number of likely N-dealkylation sites (tertiary alicyclic amines) is 2. The predicted octanol–water partition coefficient (Wildman–Crippen LogP) is -0.407. The number of nitrogens with one attached hydrogen (secondary N) is 1. The fraction of sp³-hybridized carbons (Fsp3) is 0.765. The van der Waals surface area contributed by atoms with E-state index in [1.54, 1.807) is 18.7 Å². The van der Waals surface area contributed by atoms with E-state index >= 15 is 0 Å². The molecule has 0 aliphatic carbocycles. The maximum Gasteiger partial charge on any atom is 0.326 e. The number of amides is 2. The van der Waals surface area contributed by atoms with E-state index in [4.69, 9.17) is 4.74 Å². The molecule has 2 aliphatic rings. The lowest BCUT2D eigenvalue weighted by molar-refractivity contribution is -0.149. The Morgan fingerprint density at radius 3 is 2.31 bits per heavy atom. The van der Waals surface area contributed by atoms with Crippen molar-refractivity contribution in [2.45, 2.75) is 63.7 Å². The van der Waals surface area contributed by atoms with Crippen LogP contribution < -0.4 is 5.32 Å². The molecule has 9 heteroatoms. The van der Waals surface area contributed by atoms with Crippen molar-refractivity contribution in [1.29, 1.82) is 0 Å². The van der Waals surface area contributed by atoms with Crippen molar-refractivity contribution in [1.82, 2.24) is 15.1 Å². The van der Waals surface area contributed by atoms with Crippen molar-refractivity contribution in [2.75, 3.05) is 20.2 Å². The number of methoxy groups -OCH3 is 1. The van der Waals surface area contributed by atoms with E-state index in [0.717, 1.165) is 6.42 Å². The van der Waals surface area contributed by atoms with E-state index in [0.29, 0.717) is 32.4 Å². The van der Waals surface area contributed by atoms with Gasteiger partial charge in [0, 0.05) is 6.54 Å². The topological polar surface area (TPSA) is 116 Å². The molecule has 0 saturated carbocycles. The quantitative estimate of drug-likeness (QED) is 0.612. The third-order valence-corrected chi connectivity index (χ3v) is 5.19. The standard InChI is InChI=1S/C17H27N3O6/c1-10(15(22)20-9-5-7-13(20)16(23)24)18-14(21)12-6-4-8-19(12)11(2)17(25)26-3/h10-13H,4-9H2,1-3H3,(H,18,21)(H,23,24)/t10-,11?,12+,13+/m1/s1. The minimum Gasteiger partial charge on any atom is -0.480 e. The first-order chi connectivity index (χ1) is 12.3. The Labute approximate surface area is 152 Å². The Morgan fingerprint density at radius 1 is 1.08 bits per heavy atom. The van der Waals surface area contributed by atoms with Gasteiger partial charge in [-0.05, 0) is 46.1 Å². The van der Waals surface area contributed by atoms with Crippen LogP contribution in [0.1, 0.15) is 39.5 Å². The second kappa shape index (κ2) is 8.48. The zero-order valence-electron chi connectivity index (χ0n) is 15.4. The number of aliphatic carboxylic acids is 1. The lowest BCUT2D eigenvalue weighted by atomic mass is 10.1. The molecule has 0 spiro atoms. The minimum absolute atomic E-state index is 0.329. The van der Waals surface area contributed by atoms with Gasteiger partial charge in [0.15, 0.2) is 0 Å². The maximum absolute atomic E-state index is 12.6. The summed E-state index contributed by atoms with van der Waals surface area (Å²) < 4.78 is 4.74. The Kier molecular flexibility index (Phi) is 6.57. The predicted molar refractivity (Wildman–Crippen MR) is 91.2 cm³/mol. The molecule has 2 aliphatic heterocycles. The van der Waals surface area contributed by atoms with Gasteiger partial charge in [-0.15, -0.1) is 0 Å². The monoisotopic (exact) mass is 369 g/mol. The Morgan fingerprint density at radius 2 is 1.69 bits per heavy atom. The molecule has 4 atom stereocenters. The zero-order valence-corrected chi connectivity index (χ0v) is 15.4. The van der Waals surface area contributed by atoms with Crippen LogP contribution >= 0.6 is 0 Å². The average molecular weight is 369 g/mol. The molecule has 2 saturated heterocycles. The maximum atomic E-state index is 12.6. The van der Waals surface area contributed by atoms with Crippen molar-refractivity contribution in [3.05, 3.63) is 0 Å². The molecule has 9 nitrogen and oxygen atoms in total. The molecule has 2 amide bonds. The van der Waals surface area contributed by atoms with Gasteiger partial charge in [0.25, 0.3) is 0 Å². The number of carboxylic acid groups (broad SMARTS) is 1. The summed E-state index contributed by atoms with van der Waals surface area (Å²) in [5, 5.41) is 11.9. The van der Waals surface area contributed by atoms with E-state index in [1.165, 1.54) is 12.0 Å². The van der Waals surface area contributed by atoms with Crippen molar-refractivity contribution < 1.29 is 29.0 Å². The molecular formula is C17H27N3O6. The number of nitrogens with zero attached hydrogens (tertiary/aromatic N) is 2. The zero-order chi connectivity index (χ0) is 19.4.